The Balaban J connectivity index is 1.74. The molecule has 0 fully saturated rings. The molecule has 4 rings (SSSR count). The first-order valence-electron chi connectivity index (χ1n) is 10.9. The average Bonchev–Trinajstić information content (AvgIpc) is 2.78. The number of allylic oxidation sites excluding steroid dienone is 3. The number of hydrogen-bond acceptors (Lipinski definition) is 6. The zero-order valence-corrected chi connectivity index (χ0v) is 18.8. The summed E-state index contributed by atoms with van der Waals surface area (Å²) in [5.74, 6) is -0.0900. The molecule has 2 atom stereocenters. The first kappa shape index (κ1) is 21.8. The number of pyridine rings is 1. The van der Waals surface area contributed by atoms with Gasteiger partial charge in [0.15, 0.2) is 5.78 Å². The third-order valence-electron chi connectivity index (χ3n) is 5.96. The molecule has 0 saturated heterocycles. The van der Waals surface area contributed by atoms with Crippen molar-refractivity contribution < 1.29 is 19.1 Å². The minimum absolute atomic E-state index is 0.0255. The van der Waals surface area contributed by atoms with Crippen LogP contribution in [0.4, 0.5) is 0 Å². The van der Waals surface area contributed by atoms with Crippen molar-refractivity contribution in [2.45, 2.75) is 51.6 Å². The fourth-order valence-corrected chi connectivity index (χ4v) is 4.54. The van der Waals surface area contributed by atoms with Crippen molar-refractivity contribution >= 4 is 11.8 Å². The smallest absolute Gasteiger partial charge is 0.337 e. The number of hydrogen-bond donors (Lipinski definition) is 1. The summed E-state index contributed by atoms with van der Waals surface area (Å²) in [6.07, 6.45) is 2.48. The first-order chi connectivity index (χ1) is 15.4. The maximum absolute atomic E-state index is 13.5. The number of ketones is 1. The van der Waals surface area contributed by atoms with Crippen molar-refractivity contribution in [1.29, 1.82) is 0 Å². The number of dihydropyridines is 1. The van der Waals surface area contributed by atoms with E-state index in [1.807, 2.05) is 63.2 Å². The number of methoxy groups -OCH3 is 1. The van der Waals surface area contributed by atoms with Gasteiger partial charge in [0, 0.05) is 29.6 Å². The summed E-state index contributed by atoms with van der Waals surface area (Å²) in [7, 11) is 1.64. The van der Waals surface area contributed by atoms with Crippen molar-refractivity contribution in [3.8, 4) is 5.75 Å². The van der Waals surface area contributed by atoms with E-state index in [1.54, 1.807) is 13.3 Å². The van der Waals surface area contributed by atoms with Gasteiger partial charge in [0.2, 0.25) is 0 Å². The molecule has 1 aliphatic carbocycles. The van der Waals surface area contributed by atoms with Crippen LogP contribution in [-0.2, 0) is 14.3 Å². The minimum Gasteiger partial charge on any atom is -0.497 e. The van der Waals surface area contributed by atoms with Crippen molar-refractivity contribution in [2.75, 3.05) is 7.11 Å². The highest BCUT2D eigenvalue weighted by Crippen LogP contribution is 2.45. The molecule has 0 saturated carbocycles. The van der Waals surface area contributed by atoms with Crippen LogP contribution in [0.15, 0.2) is 71.2 Å². The molecule has 2 aromatic rings. The van der Waals surface area contributed by atoms with Crippen LogP contribution in [0.2, 0.25) is 0 Å². The minimum atomic E-state index is -0.539. The van der Waals surface area contributed by atoms with E-state index in [1.165, 1.54) is 0 Å². The predicted octanol–water partition coefficient (Wildman–Crippen LogP) is 4.40. The molecule has 1 aromatic heterocycles. The highest BCUT2D eigenvalue weighted by Gasteiger charge is 2.42. The van der Waals surface area contributed by atoms with Crippen LogP contribution in [0, 0.1) is 0 Å². The molecule has 0 amide bonds. The second-order valence-electron chi connectivity index (χ2n) is 8.50. The molecule has 0 spiro atoms. The Morgan fingerprint density at radius 3 is 2.50 bits per heavy atom. The van der Waals surface area contributed by atoms with E-state index < -0.39 is 11.9 Å². The van der Waals surface area contributed by atoms with Gasteiger partial charge >= 0.3 is 5.97 Å². The quantitative estimate of drug-likeness (QED) is 0.706. The van der Waals surface area contributed by atoms with Crippen LogP contribution in [0.1, 0.15) is 56.7 Å². The SMILES string of the molecule is COc1ccc([C@H]2CC(=O)C3=C(C2)NC(C)=C(C(=O)OC(C)C)[C@H]3c2ccccn2)cc1. The molecule has 2 aliphatic rings. The monoisotopic (exact) mass is 432 g/mol. The van der Waals surface area contributed by atoms with Crippen molar-refractivity contribution in [3.05, 3.63) is 82.5 Å². The Labute approximate surface area is 188 Å². The molecular weight excluding hydrogens is 404 g/mol. The molecule has 0 radical (unpaired) electrons. The molecule has 2 heterocycles. The van der Waals surface area contributed by atoms with E-state index in [0.717, 1.165) is 17.0 Å². The van der Waals surface area contributed by atoms with E-state index in [2.05, 4.69) is 10.3 Å². The fraction of sp³-hybridized carbons (Fsp3) is 0.346. The summed E-state index contributed by atoms with van der Waals surface area (Å²) in [6, 6.07) is 13.4. The number of nitrogens with zero attached hydrogens (tertiary/aromatic N) is 1. The third kappa shape index (κ3) is 4.17. The van der Waals surface area contributed by atoms with Gasteiger partial charge in [0.05, 0.1) is 30.4 Å². The van der Waals surface area contributed by atoms with E-state index in [0.29, 0.717) is 35.4 Å². The molecule has 6 heteroatoms. The molecule has 1 aliphatic heterocycles. The topological polar surface area (TPSA) is 77.5 Å². The van der Waals surface area contributed by atoms with Crippen molar-refractivity contribution in [3.63, 3.8) is 0 Å². The largest absolute Gasteiger partial charge is 0.497 e. The number of rotatable bonds is 5. The second kappa shape index (κ2) is 8.99. The van der Waals surface area contributed by atoms with Crippen LogP contribution >= 0.6 is 0 Å². The summed E-state index contributed by atoms with van der Waals surface area (Å²) in [5, 5.41) is 3.36. The van der Waals surface area contributed by atoms with E-state index in [-0.39, 0.29) is 17.8 Å². The number of benzene rings is 1. The normalized spacial score (nSPS) is 20.7. The third-order valence-corrected chi connectivity index (χ3v) is 5.96. The zero-order valence-electron chi connectivity index (χ0n) is 18.8. The lowest BCUT2D eigenvalue weighted by atomic mass is 9.73. The fourth-order valence-electron chi connectivity index (χ4n) is 4.54. The van der Waals surface area contributed by atoms with Crippen LogP contribution in [-0.4, -0.2) is 30.0 Å². The van der Waals surface area contributed by atoms with Gasteiger partial charge in [-0.05, 0) is 62.9 Å². The van der Waals surface area contributed by atoms with E-state index in [9.17, 15) is 9.59 Å². The lowest BCUT2D eigenvalue weighted by molar-refractivity contribution is -0.143. The lowest BCUT2D eigenvalue weighted by Crippen LogP contribution is -2.36. The number of esters is 1. The number of ether oxygens (including phenoxy) is 2. The lowest BCUT2D eigenvalue weighted by Gasteiger charge is -2.36. The number of carbonyl (C=O) groups is 2. The Kier molecular flexibility index (Phi) is 6.12. The molecule has 1 N–H and O–H groups in total. The van der Waals surface area contributed by atoms with Crippen LogP contribution in [0.25, 0.3) is 0 Å². The Morgan fingerprint density at radius 1 is 1.12 bits per heavy atom. The van der Waals surface area contributed by atoms with Gasteiger partial charge in [0.25, 0.3) is 0 Å². The summed E-state index contributed by atoms with van der Waals surface area (Å²) in [5.41, 5.74) is 4.40. The maximum atomic E-state index is 13.5. The first-order valence-corrected chi connectivity index (χ1v) is 10.9. The Bertz CT molecular complexity index is 1080. The standard InChI is InChI=1S/C26H28N2O4/c1-15(2)32-26(30)23-16(3)28-21-13-18(17-8-10-19(31-4)11-9-17)14-22(29)24(21)25(23)20-7-5-6-12-27-20/h5-12,15,18,25,28H,13-14H2,1-4H3/t18-,25-/m1/s1. The number of carbonyl (C=O) groups excluding carboxylic acids is 2. The Morgan fingerprint density at radius 2 is 1.88 bits per heavy atom. The number of aromatic nitrogens is 1. The summed E-state index contributed by atoms with van der Waals surface area (Å²) in [6.45, 7) is 5.49. The second-order valence-corrected chi connectivity index (χ2v) is 8.50. The number of nitrogens with one attached hydrogen (secondary N) is 1. The Hall–Kier alpha value is -3.41. The number of Topliss-reactive ketones (excluding diaryl/α,β-unsaturated/α-hetero) is 1. The highest BCUT2D eigenvalue weighted by atomic mass is 16.5. The van der Waals surface area contributed by atoms with Gasteiger partial charge in [-0.25, -0.2) is 4.79 Å². The predicted molar refractivity (Wildman–Crippen MR) is 121 cm³/mol. The van der Waals surface area contributed by atoms with Gasteiger partial charge in [-0.1, -0.05) is 18.2 Å². The molecule has 166 valence electrons. The molecule has 6 nitrogen and oxygen atoms in total. The molecule has 1 aromatic carbocycles. The van der Waals surface area contributed by atoms with Crippen LogP contribution in [0.3, 0.4) is 0 Å². The van der Waals surface area contributed by atoms with Gasteiger partial charge in [-0.15, -0.1) is 0 Å². The van der Waals surface area contributed by atoms with Gasteiger partial charge < -0.3 is 14.8 Å². The van der Waals surface area contributed by atoms with Gasteiger partial charge in [-0.2, -0.15) is 0 Å². The maximum Gasteiger partial charge on any atom is 0.337 e. The highest BCUT2D eigenvalue weighted by molar-refractivity contribution is 6.04. The zero-order chi connectivity index (χ0) is 22.8. The molecular formula is C26H28N2O4. The summed E-state index contributed by atoms with van der Waals surface area (Å²) in [4.78, 5) is 31.0. The van der Waals surface area contributed by atoms with Crippen molar-refractivity contribution in [2.24, 2.45) is 0 Å². The average molecular weight is 433 g/mol. The van der Waals surface area contributed by atoms with Crippen LogP contribution in [0.5, 0.6) is 5.75 Å². The van der Waals surface area contributed by atoms with Gasteiger partial charge in [-0.3, -0.25) is 9.78 Å². The molecule has 0 unspecified atom stereocenters. The summed E-state index contributed by atoms with van der Waals surface area (Å²) >= 11 is 0. The van der Waals surface area contributed by atoms with Gasteiger partial charge in [0.1, 0.15) is 5.75 Å². The molecule has 32 heavy (non-hydrogen) atoms. The van der Waals surface area contributed by atoms with Crippen molar-refractivity contribution in [1.82, 2.24) is 10.3 Å². The van der Waals surface area contributed by atoms with Crippen LogP contribution < -0.4 is 10.1 Å². The molecule has 0 bridgehead atoms. The summed E-state index contributed by atoms with van der Waals surface area (Å²) < 4.78 is 10.8. The van der Waals surface area contributed by atoms with E-state index >= 15 is 0 Å². The van der Waals surface area contributed by atoms with E-state index in [4.69, 9.17) is 9.47 Å².